The van der Waals surface area contributed by atoms with Crippen LogP contribution in [0.1, 0.15) is 19.4 Å². The largest absolute Gasteiger partial charge is 0.493 e. The molecular weight excluding hydrogens is 319 g/mol. The quantitative estimate of drug-likeness (QED) is 0.840. The summed E-state index contributed by atoms with van der Waals surface area (Å²) in [7, 11) is 1.63. The Labute approximate surface area is 110 Å². The molecule has 90 valence electrons. The molecule has 0 aliphatic carbocycles. The van der Waals surface area contributed by atoms with Crippen molar-refractivity contribution in [1.82, 2.24) is 0 Å². The van der Waals surface area contributed by atoms with E-state index in [1.165, 1.54) is 0 Å². The highest BCUT2D eigenvalue weighted by Crippen LogP contribution is 2.32. The SMILES string of the molecule is COc1cc(I)c(CCO)cc1OC(C)C. The first-order chi connectivity index (χ1) is 7.58. The average Bonchev–Trinajstić information content (AvgIpc) is 2.22. The second kappa shape index (κ2) is 6.30. The van der Waals surface area contributed by atoms with Crippen molar-refractivity contribution in [1.29, 1.82) is 0 Å². The van der Waals surface area contributed by atoms with Crippen molar-refractivity contribution in [2.45, 2.75) is 26.4 Å². The minimum Gasteiger partial charge on any atom is -0.493 e. The number of halogens is 1. The van der Waals surface area contributed by atoms with Crippen LogP contribution in [0.15, 0.2) is 12.1 Å². The summed E-state index contributed by atoms with van der Waals surface area (Å²) in [5.41, 5.74) is 1.08. The van der Waals surface area contributed by atoms with E-state index in [0.29, 0.717) is 6.42 Å². The van der Waals surface area contributed by atoms with Crippen LogP contribution in [0.4, 0.5) is 0 Å². The molecule has 1 rings (SSSR count). The van der Waals surface area contributed by atoms with Gasteiger partial charge >= 0.3 is 0 Å². The van der Waals surface area contributed by atoms with E-state index in [9.17, 15) is 0 Å². The van der Waals surface area contributed by atoms with E-state index in [2.05, 4.69) is 22.6 Å². The summed E-state index contributed by atoms with van der Waals surface area (Å²) in [5.74, 6) is 1.47. The van der Waals surface area contributed by atoms with Gasteiger partial charge in [0.25, 0.3) is 0 Å². The molecular formula is C12H17IO3. The van der Waals surface area contributed by atoms with Gasteiger partial charge in [-0.05, 0) is 60.6 Å². The molecule has 0 saturated heterocycles. The zero-order chi connectivity index (χ0) is 12.1. The zero-order valence-electron chi connectivity index (χ0n) is 9.79. The van der Waals surface area contributed by atoms with Crippen molar-refractivity contribution in [3.8, 4) is 11.5 Å². The van der Waals surface area contributed by atoms with Crippen LogP contribution in [0.3, 0.4) is 0 Å². The monoisotopic (exact) mass is 336 g/mol. The molecule has 0 radical (unpaired) electrons. The molecule has 4 heteroatoms. The Hall–Kier alpha value is -0.490. The summed E-state index contributed by atoms with van der Waals surface area (Å²) >= 11 is 2.24. The third kappa shape index (κ3) is 3.52. The maximum absolute atomic E-state index is 8.97. The molecule has 3 nitrogen and oxygen atoms in total. The molecule has 1 N–H and O–H groups in total. The van der Waals surface area contributed by atoms with Crippen molar-refractivity contribution >= 4 is 22.6 Å². The minimum absolute atomic E-state index is 0.107. The number of ether oxygens (including phenoxy) is 2. The number of rotatable bonds is 5. The molecule has 0 aromatic heterocycles. The van der Waals surface area contributed by atoms with Gasteiger partial charge in [0.05, 0.1) is 13.2 Å². The zero-order valence-corrected chi connectivity index (χ0v) is 11.9. The fourth-order valence-corrected chi connectivity index (χ4v) is 2.10. The number of benzene rings is 1. The summed E-state index contributed by atoms with van der Waals surface area (Å²) in [4.78, 5) is 0. The van der Waals surface area contributed by atoms with E-state index in [0.717, 1.165) is 20.6 Å². The number of aliphatic hydroxyl groups excluding tert-OH is 1. The van der Waals surface area contributed by atoms with Gasteiger partial charge in [-0.15, -0.1) is 0 Å². The lowest BCUT2D eigenvalue weighted by molar-refractivity contribution is 0.229. The van der Waals surface area contributed by atoms with Gasteiger partial charge in [-0.3, -0.25) is 0 Å². The standard InChI is InChI=1S/C12H17IO3/c1-8(2)16-12-6-9(4-5-14)10(13)7-11(12)15-3/h6-8,14H,4-5H2,1-3H3. The Morgan fingerprint density at radius 3 is 2.50 bits per heavy atom. The van der Waals surface area contributed by atoms with Crippen LogP contribution in [0, 0.1) is 3.57 Å². The number of hydrogen-bond donors (Lipinski definition) is 1. The molecule has 16 heavy (non-hydrogen) atoms. The molecule has 0 aliphatic heterocycles. The highest BCUT2D eigenvalue weighted by molar-refractivity contribution is 14.1. The van der Waals surface area contributed by atoms with Crippen LogP contribution in [-0.4, -0.2) is 24.9 Å². The lowest BCUT2D eigenvalue weighted by Gasteiger charge is -2.15. The van der Waals surface area contributed by atoms with Gasteiger partial charge in [-0.25, -0.2) is 0 Å². The topological polar surface area (TPSA) is 38.7 Å². The lowest BCUT2D eigenvalue weighted by atomic mass is 10.1. The maximum atomic E-state index is 8.97. The molecule has 1 aromatic carbocycles. The van der Waals surface area contributed by atoms with E-state index in [1.807, 2.05) is 26.0 Å². The smallest absolute Gasteiger partial charge is 0.161 e. The van der Waals surface area contributed by atoms with Crippen LogP contribution >= 0.6 is 22.6 Å². The Balaban J connectivity index is 3.07. The summed E-state index contributed by atoms with van der Waals surface area (Å²) in [6.45, 7) is 4.09. The summed E-state index contributed by atoms with van der Waals surface area (Å²) in [6.07, 6.45) is 0.743. The van der Waals surface area contributed by atoms with E-state index in [4.69, 9.17) is 14.6 Å². The Morgan fingerprint density at radius 2 is 2.00 bits per heavy atom. The minimum atomic E-state index is 0.107. The number of aliphatic hydroxyl groups is 1. The van der Waals surface area contributed by atoms with Gasteiger partial charge in [0.1, 0.15) is 0 Å². The maximum Gasteiger partial charge on any atom is 0.161 e. The summed E-state index contributed by atoms with van der Waals surface area (Å²) in [5, 5.41) is 8.97. The van der Waals surface area contributed by atoms with Crippen molar-refractivity contribution < 1.29 is 14.6 Å². The lowest BCUT2D eigenvalue weighted by Crippen LogP contribution is -2.08. The first-order valence-corrected chi connectivity index (χ1v) is 6.30. The van der Waals surface area contributed by atoms with Crippen molar-refractivity contribution in [3.05, 3.63) is 21.3 Å². The van der Waals surface area contributed by atoms with Gasteiger partial charge in [-0.1, -0.05) is 0 Å². The first-order valence-electron chi connectivity index (χ1n) is 5.22. The molecule has 0 atom stereocenters. The molecule has 0 fully saturated rings. The van der Waals surface area contributed by atoms with Crippen LogP contribution in [-0.2, 0) is 6.42 Å². The highest BCUT2D eigenvalue weighted by Gasteiger charge is 2.11. The van der Waals surface area contributed by atoms with Gasteiger partial charge in [0.15, 0.2) is 11.5 Å². The third-order valence-electron chi connectivity index (χ3n) is 2.08. The third-order valence-corrected chi connectivity index (χ3v) is 3.08. The van der Waals surface area contributed by atoms with Gasteiger partial charge in [0, 0.05) is 10.2 Å². The van der Waals surface area contributed by atoms with Gasteiger partial charge in [-0.2, -0.15) is 0 Å². The van der Waals surface area contributed by atoms with E-state index in [1.54, 1.807) is 7.11 Å². The van der Waals surface area contributed by atoms with E-state index in [-0.39, 0.29) is 12.7 Å². The predicted octanol–water partition coefficient (Wildman–Crippen LogP) is 2.62. The highest BCUT2D eigenvalue weighted by atomic mass is 127. The first kappa shape index (κ1) is 13.6. The van der Waals surface area contributed by atoms with Crippen molar-refractivity contribution in [2.75, 3.05) is 13.7 Å². The predicted molar refractivity (Wildman–Crippen MR) is 72.3 cm³/mol. The number of hydrogen-bond acceptors (Lipinski definition) is 3. The molecule has 0 bridgehead atoms. The molecule has 0 unspecified atom stereocenters. The summed E-state index contributed by atoms with van der Waals surface area (Å²) < 4.78 is 12.0. The fraction of sp³-hybridized carbons (Fsp3) is 0.500. The second-order valence-corrected chi connectivity index (χ2v) is 4.90. The molecule has 0 aliphatic rings. The number of methoxy groups -OCH3 is 1. The van der Waals surface area contributed by atoms with Crippen molar-refractivity contribution in [3.63, 3.8) is 0 Å². The second-order valence-electron chi connectivity index (χ2n) is 3.73. The van der Waals surface area contributed by atoms with Crippen molar-refractivity contribution in [2.24, 2.45) is 0 Å². The van der Waals surface area contributed by atoms with Crippen LogP contribution in [0.25, 0.3) is 0 Å². The molecule has 0 spiro atoms. The van der Waals surface area contributed by atoms with Crippen LogP contribution < -0.4 is 9.47 Å². The molecule has 0 saturated carbocycles. The van der Waals surface area contributed by atoms with Gasteiger partial charge in [0.2, 0.25) is 0 Å². The Kier molecular flexibility index (Phi) is 5.34. The normalized spacial score (nSPS) is 10.6. The Bertz CT molecular complexity index is 350. The summed E-state index contributed by atoms with van der Waals surface area (Å²) in [6, 6.07) is 3.88. The van der Waals surface area contributed by atoms with Crippen LogP contribution in [0.2, 0.25) is 0 Å². The average molecular weight is 336 g/mol. The van der Waals surface area contributed by atoms with Crippen LogP contribution in [0.5, 0.6) is 11.5 Å². The molecule has 0 heterocycles. The molecule has 1 aromatic rings. The Morgan fingerprint density at radius 1 is 1.31 bits per heavy atom. The van der Waals surface area contributed by atoms with E-state index < -0.39 is 0 Å². The fourth-order valence-electron chi connectivity index (χ4n) is 1.39. The molecule has 0 amide bonds. The van der Waals surface area contributed by atoms with Gasteiger partial charge < -0.3 is 14.6 Å². The van der Waals surface area contributed by atoms with E-state index >= 15 is 0 Å².